The van der Waals surface area contributed by atoms with Crippen molar-refractivity contribution in [2.24, 2.45) is 0 Å². The monoisotopic (exact) mass is 574 g/mol. The summed E-state index contributed by atoms with van der Waals surface area (Å²) < 4.78 is 20.1. The molecule has 0 radical (unpaired) electrons. The Bertz CT molecular complexity index is 1330. The van der Waals surface area contributed by atoms with Crippen LogP contribution < -0.4 is 10.1 Å². The zero-order valence-corrected chi connectivity index (χ0v) is 20.8. The van der Waals surface area contributed by atoms with Crippen molar-refractivity contribution in [2.45, 2.75) is 6.92 Å². The first-order valence-corrected chi connectivity index (χ1v) is 12.0. The number of benzene rings is 2. The van der Waals surface area contributed by atoms with Gasteiger partial charge in [-0.1, -0.05) is 6.92 Å². The van der Waals surface area contributed by atoms with Crippen molar-refractivity contribution in [2.75, 3.05) is 32.8 Å². The van der Waals surface area contributed by atoms with Crippen molar-refractivity contribution in [3.63, 3.8) is 0 Å². The number of phenolic OH excluding ortho intramolecular Hbond substituents is 1. The van der Waals surface area contributed by atoms with Crippen LogP contribution in [0.2, 0.25) is 0 Å². The van der Waals surface area contributed by atoms with Crippen molar-refractivity contribution in [1.82, 2.24) is 20.2 Å². The second kappa shape index (κ2) is 10.9. The Morgan fingerprint density at radius 1 is 1.21 bits per heavy atom. The van der Waals surface area contributed by atoms with Gasteiger partial charge in [0.05, 0.1) is 16.6 Å². The molecule has 1 amide bonds. The molecular formula is C25H24FIN4O3. The van der Waals surface area contributed by atoms with Gasteiger partial charge in [-0.05, 0) is 77.7 Å². The van der Waals surface area contributed by atoms with E-state index >= 15 is 0 Å². The minimum Gasteiger partial charge on any atom is -0.507 e. The molecular weight excluding hydrogens is 550 g/mol. The number of aromatic nitrogens is 2. The third-order valence-corrected chi connectivity index (χ3v) is 6.18. The van der Waals surface area contributed by atoms with Crippen molar-refractivity contribution < 1.29 is 19.0 Å². The molecule has 0 atom stereocenters. The van der Waals surface area contributed by atoms with Gasteiger partial charge in [0, 0.05) is 40.2 Å². The van der Waals surface area contributed by atoms with Crippen molar-refractivity contribution in [3.05, 3.63) is 69.8 Å². The quantitative estimate of drug-likeness (QED) is 0.176. The summed E-state index contributed by atoms with van der Waals surface area (Å²) in [5.74, 6) is -0.676. The van der Waals surface area contributed by atoms with Crippen molar-refractivity contribution >= 4 is 50.3 Å². The van der Waals surface area contributed by atoms with Crippen LogP contribution in [0.25, 0.3) is 21.8 Å². The fourth-order valence-electron chi connectivity index (χ4n) is 3.68. The van der Waals surface area contributed by atoms with E-state index in [-0.39, 0.29) is 17.4 Å². The average molecular weight is 574 g/mol. The molecule has 0 aliphatic heterocycles. The first kappa shape index (κ1) is 24.1. The number of halogens is 2. The van der Waals surface area contributed by atoms with Crippen molar-refractivity contribution in [3.8, 4) is 11.5 Å². The van der Waals surface area contributed by atoms with Crippen LogP contribution in [0.1, 0.15) is 17.3 Å². The van der Waals surface area contributed by atoms with Crippen LogP contribution in [0.4, 0.5) is 4.39 Å². The minimum absolute atomic E-state index is 0.0852. The molecule has 0 unspecified atom stereocenters. The first-order chi connectivity index (χ1) is 16.5. The number of carbonyl (C=O) groups is 1. The summed E-state index contributed by atoms with van der Waals surface area (Å²) in [6.45, 7) is 4.67. The molecule has 2 aromatic carbocycles. The van der Waals surface area contributed by atoms with E-state index in [1.807, 2.05) is 31.2 Å². The Morgan fingerprint density at radius 2 is 2.06 bits per heavy atom. The van der Waals surface area contributed by atoms with Gasteiger partial charge in [-0.2, -0.15) is 4.39 Å². The molecule has 0 saturated carbocycles. The number of amides is 1. The number of carbonyl (C=O) groups excluding carboxylic acids is 1. The van der Waals surface area contributed by atoms with E-state index in [9.17, 15) is 14.3 Å². The third-order valence-electron chi connectivity index (χ3n) is 5.51. The zero-order chi connectivity index (χ0) is 24.1. The largest absolute Gasteiger partial charge is 0.507 e. The number of fused-ring (bicyclic) bond motifs is 2. The lowest BCUT2D eigenvalue weighted by Gasteiger charge is -2.20. The number of rotatable bonds is 9. The molecule has 9 heteroatoms. The normalized spacial score (nSPS) is 11.3. The van der Waals surface area contributed by atoms with E-state index in [0.29, 0.717) is 42.7 Å². The third kappa shape index (κ3) is 5.53. The standard InChI is InChI=1S/C25H24FIN4O3/c1-2-31(12-13-34-22-4-3-9-28-24(22)26)11-10-29-25(33)18-6-8-21(32)19-15-16-14-17(27)5-7-20(16)30-23(18)19/h3-9,14-15,32H,2,10-13H2,1H3,(H,29,33). The molecule has 0 aliphatic rings. The zero-order valence-electron chi connectivity index (χ0n) is 18.6. The van der Waals surface area contributed by atoms with E-state index in [1.54, 1.807) is 18.2 Å². The van der Waals surface area contributed by atoms with Gasteiger partial charge >= 0.3 is 0 Å². The summed E-state index contributed by atoms with van der Waals surface area (Å²) in [7, 11) is 0. The Labute approximate surface area is 210 Å². The van der Waals surface area contributed by atoms with Gasteiger partial charge in [0.15, 0.2) is 5.75 Å². The molecule has 7 nitrogen and oxygen atoms in total. The highest BCUT2D eigenvalue weighted by Crippen LogP contribution is 2.30. The van der Waals surface area contributed by atoms with Gasteiger partial charge in [0.25, 0.3) is 11.9 Å². The summed E-state index contributed by atoms with van der Waals surface area (Å²) in [6.07, 6.45) is 1.37. The van der Waals surface area contributed by atoms with Gasteiger partial charge in [-0.25, -0.2) is 9.97 Å². The van der Waals surface area contributed by atoms with Crippen LogP contribution in [0.15, 0.2) is 54.7 Å². The summed E-state index contributed by atoms with van der Waals surface area (Å²) in [6, 6.07) is 14.0. The Morgan fingerprint density at radius 3 is 2.85 bits per heavy atom. The van der Waals surface area contributed by atoms with Crippen LogP contribution in [0.3, 0.4) is 0 Å². The maximum Gasteiger partial charge on any atom is 0.255 e. The fraction of sp³-hybridized carbons (Fsp3) is 0.240. The lowest BCUT2D eigenvalue weighted by atomic mass is 10.1. The molecule has 2 aromatic heterocycles. The first-order valence-electron chi connectivity index (χ1n) is 10.9. The summed E-state index contributed by atoms with van der Waals surface area (Å²) in [4.78, 5) is 23.3. The number of pyridine rings is 2. The lowest BCUT2D eigenvalue weighted by Crippen LogP contribution is -2.37. The predicted molar refractivity (Wildman–Crippen MR) is 138 cm³/mol. The highest BCUT2D eigenvalue weighted by atomic mass is 127. The highest BCUT2D eigenvalue weighted by molar-refractivity contribution is 14.1. The van der Waals surface area contributed by atoms with Crippen LogP contribution in [0.5, 0.6) is 11.5 Å². The molecule has 4 rings (SSSR count). The van der Waals surface area contributed by atoms with Gasteiger partial charge in [0.2, 0.25) is 0 Å². The smallest absolute Gasteiger partial charge is 0.255 e. The Balaban J connectivity index is 1.39. The Kier molecular flexibility index (Phi) is 7.73. The molecule has 0 saturated heterocycles. The van der Waals surface area contributed by atoms with Crippen LogP contribution >= 0.6 is 22.6 Å². The molecule has 176 valence electrons. The maximum absolute atomic E-state index is 13.6. The molecule has 2 heterocycles. The summed E-state index contributed by atoms with van der Waals surface area (Å²) in [5, 5.41) is 14.7. The number of hydrogen-bond donors (Lipinski definition) is 2. The van der Waals surface area contributed by atoms with Crippen LogP contribution in [-0.2, 0) is 0 Å². The average Bonchev–Trinajstić information content (AvgIpc) is 2.83. The van der Waals surface area contributed by atoms with Gasteiger partial charge in [-0.15, -0.1) is 0 Å². The number of hydrogen-bond acceptors (Lipinski definition) is 6. The van der Waals surface area contributed by atoms with Gasteiger partial charge in [-0.3, -0.25) is 9.69 Å². The van der Waals surface area contributed by atoms with Crippen molar-refractivity contribution in [1.29, 1.82) is 0 Å². The van der Waals surface area contributed by atoms with Crippen LogP contribution in [-0.4, -0.2) is 58.7 Å². The second-order valence-electron chi connectivity index (χ2n) is 7.68. The van der Waals surface area contributed by atoms with Gasteiger partial charge in [0.1, 0.15) is 12.4 Å². The molecule has 0 aliphatic carbocycles. The number of likely N-dealkylation sites (N-methyl/N-ethyl adjacent to an activating group) is 1. The molecule has 4 aromatic rings. The van der Waals surface area contributed by atoms with E-state index in [2.05, 4.69) is 42.8 Å². The molecule has 0 bridgehead atoms. The van der Waals surface area contributed by atoms with E-state index in [4.69, 9.17) is 4.74 Å². The molecule has 34 heavy (non-hydrogen) atoms. The van der Waals surface area contributed by atoms with E-state index < -0.39 is 5.95 Å². The number of nitrogens with zero attached hydrogens (tertiary/aromatic N) is 3. The number of ether oxygens (including phenoxy) is 1. The number of nitrogens with one attached hydrogen (secondary N) is 1. The highest BCUT2D eigenvalue weighted by Gasteiger charge is 2.15. The SMILES string of the molecule is CCN(CCNC(=O)c1ccc(O)c2cc3cc(I)ccc3nc12)CCOc1cccnc1F. The Hall–Kier alpha value is -3.05. The minimum atomic E-state index is -0.630. The fourth-order valence-corrected chi connectivity index (χ4v) is 4.19. The van der Waals surface area contributed by atoms with Gasteiger partial charge < -0.3 is 15.2 Å². The summed E-state index contributed by atoms with van der Waals surface area (Å²) >= 11 is 2.23. The topological polar surface area (TPSA) is 87.6 Å². The molecule has 0 spiro atoms. The maximum atomic E-state index is 13.6. The van der Waals surface area contributed by atoms with E-state index in [1.165, 1.54) is 12.3 Å². The second-order valence-corrected chi connectivity index (χ2v) is 8.93. The number of phenols is 1. The van der Waals surface area contributed by atoms with Crippen LogP contribution in [0, 0.1) is 9.52 Å². The molecule has 2 N–H and O–H groups in total. The van der Waals surface area contributed by atoms with E-state index in [0.717, 1.165) is 21.0 Å². The molecule has 0 fully saturated rings. The number of aromatic hydroxyl groups is 1. The lowest BCUT2D eigenvalue weighted by molar-refractivity contribution is 0.0949. The summed E-state index contributed by atoms with van der Waals surface area (Å²) in [5.41, 5.74) is 1.63. The predicted octanol–water partition coefficient (Wildman–Crippen LogP) is 4.36.